The normalized spacial score (nSPS) is 11.3. The average molecular weight is 603 g/mol. The molecule has 0 bridgehead atoms. The molecule has 0 aliphatic heterocycles. The minimum atomic E-state index is 0.317. The second-order valence-corrected chi connectivity index (χ2v) is 11.1. The van der Waals surface area contributed by atoms with E-state index in [0.29, 0.717) is 18.8 Å². The molecule has 8 nitrogen and oxygen atoms in total. The van der Waals surface area contributed by atoms with Crippen molar-refractivity contribution in [3.63, 3.8) is 0 Å². The van der Waals surface area contributed by atoms with Crippen LogP contribution in [-0.4, -0.2) is 68.1 Å². The van der Waals surface area contributed by atoms with Crippen molar-refractivity contribution in [2.45, 2.75) is 38.8 Å². The molecular formula is C37H42N6O2. The van der Waals surface area contributed by atoms with Gasteiger partial charge in [0.2, 0.25) is 0 Å². The van der Waals surface area contributed by atoms with Crippen LogP contribution in [0.25, 0.3) is 0 Å². The number of aromatic hydroxyl groups is 1. The van der Waals surface area contributed by atoms with Crippen molar-refractivity contribution in [3.05, 3.63) is 144 Å². The molecule has 1 aromatic carbocycles. The summed E-state index contributed by atoms with van der Waals surface area (Å²) in [7, 11) is 1.68. The molecule has 5 aromatic rings. The van der Waals surface area contributed by atoms with Gasteiger partial charge in [-0.15, -0.1) is 0 Å². The molecule has 232 valence electrons. The molecule has 5 rings (SSSR count). The van der Waals surface area contributed by atoms with Crippen molar-refractivity contribution in [1.82, 2.24) is 29.7 Å². The minimum Gasteiger partial charge on any atom is -0.507 e. The lowest BCUT2D eigenvalue weighted by Gasteiger charge is -2.26. The van der Waals surface area contributed by atoms with E-state index in [1.165, 1.54) is 0 Å². The van der Waals surface area contributed by atoms with Gasteiger partial charge in [-0.25, -0.2) is 0 Å². The van der Waals surface area contributed by atoms with Crippen molar-refractivity contribution in [2.24, 2.45) is 0 Å². The molecule has 0 radical (unpaired) electrons. The fourth-order valence-corrected chi connectivity index (χ4v) is 5.38. The van der Waals surface area contributed by atoms with Gasteiger partial charge in [0.25, 0.3) is 0 Å². The van der Waals surface area contributed by atoms with Crippen molar-refractivity contribution in [1.29, 1.82) is 0 Å². The molecule has 0 saturated heterocycles. The number of phenols is 1. The molecule has 0 spiro atoms. The van der Waals surface area contributed by atoms with Crippen LogP contribution in [0.15, 0.2) is 110 Å². The van der Waals surface area contributed by atoms with E-state index in [1.54, 1.807) is 7.11 Å². The maximum atomic E-state index is 11.7. The van der Waals surface area contributed by atoms with Gasteiger partial charge < -0.3 is 9.84 Å². The molecule has 0 atom stereocenters. The maximum Gasteiger partial charge on any atom is 0.124 e. The molecule has 45 heavy (non-hydrogen) atoms. The number of methoxy groups -OCH3 is 1. The molecule has 4 heterocycles. The Balaban J connectivity index is 1.34. The minimum absolute atomic E-state index is 0.317. The summed E-state index contributed by atoms with van der Waals surface area (Å²) in [6.45, 7) is 4.37. The molecular weight excluding hydrogens is 560 g/mol. The van der Waals surface area contributed by atoms with Gasteiger partial charge in [-0.3, -0.25) is 29.7 Å². The second-order valence-electron chi connectivity index (χ2n) is 11.1. The smallest absolute Gasteiger partial charge is 0.124 e. The van der Waals surface area contributed by atoms with Crippen LogP contribution in [0.4, 0.5) is 0 Å². The average Bonchev–Trinajstić information content (AvgIpc) is 3.10. The maximum absolute atomic E-state index is 11.7. The van der Waals surface area contributed by atoms with E-state index in [4.69, 9.17) is 4.74 Å². The van der Waals surface area contributed by atoms with Gasteiger partial charge in [-0.2, -0.15) is 0 Å². The van der Waals surface area contributed by atoms with Gasteiger partial charge in [0.15, 0.2) is 0 Å². The Labute approximate surface area is 266 Å². The van der Waals surface area contributed by atoms with Crippen LogP contribution in [0.2, 0.25) is 0 Å². The zero-order valence-electron chi connectivity index (χ0n) is 26.0. The van der Waals surface area contributed by atoms with E-state index in [9.17, 15) is 5.11 Å². The number of hydrogen-bond acceptors (Lipinski definition) is 8. The third-order valence-electron chi connectivity index (χ3n) is 7.91. The predicted molar refractivity (Wildman–Crippen MR) is 177 cm³/mol. The summed E-state index contributed by atoms with van der Waals surface area (Å²) in [6, 6.07) is 28.0. The number of aromatic nitrogens is 4. The molecule has 1 N–H and O–H groups in total. The number of ether oxygens (including phenoxy) is 1. The molecule has 8 heteroatoms. The summed E-state index contributed by atoms with van der Waals surface area (Å²) in [4.78, 5) is 22.8. The van der Waals surface area contributed by atoms with E-state index >= 15 is 0 Å². The molecule has 0 aliphatic rings. The van der Waals surface area contributed by atoms with Crippen LogP contribution in [0.3, 0.4) is 0 Å². The lowest BCUT2D eigenvalue weighted by atomic mass is 10.1. The fourth-order valence-electron chi connectivity index (χ4n) is 5.38. The summed E-state index contributed by atoms with van der Waals surface area (Å²) in [6.07, 6.45) is 10.6. The summed E-state index contributed by atoms with van der Waals surface area (Å²) in [5.41, 5.74) is 5.89. The summed E-state index contributed by atoms with van der Waals surface area (Å²) in [5.74, 6) is 1.05. The zero-order valence-corrected chi connectivity index (χ0v) is 26.0. The highest BCUT2D eigenvalue weighted by Crippen LogP contribution is 2.31. The highest BCUT2D eigenvalue weighted by atomic mass is 16.5. The number of phenolic OH excluding ortho intramolecular Hbond substituents is 1. The lowest BCUT2D eigenvalue weighted by molar-refractivity contribution is 0.257. The topological polar surface area (TPSA) is 87.5 Å². The van der Waals surface area contributed by atoms with Crippen molar-refractivity contribution in [3.8, 4) is 11.5 Å². The summed E-state index contributed by atoms with van der Waals surface area (Å²) < 4.78 is 5.74. The molecule has 4 aromatic heterocycles. The van der Waals surface area contributed by atoms with Crippen LogP contribution in [0.5, 0.6) is 11.5 Å². The molecule has 0 fully saturated rings. The van der Waals surface area contributed by atoms with Crippen molar-refractivity contribution < 1.29 is 9.84 Å². The molecule has 0 saturated carbocycles. The summed E-state index contributed by atoms with van der Waals surface area (Å²) >= 11 is 0. The van der Waals surface area contributed by atoms with Gasteiger partial charge >= 0.3 is 0 Å². The third kappa shape index (κ3) is 10.2. The highest BCUT2D eigenvalue weighted by molar-refractivity contribution is 5.46. The van der Waals surface area contributed by atoms with E-state index in [2.05, 4.69) is 54.0 Å². The SMILES string of the molecule is COc1cc(CN(CCc2ccccn2)CCc2ccccn2)c(O)c(CN(CCc2ccccn2)CCc2ccccn2)c1. The zero-order chi connectivity index (χ0) is 31.1. The number of nitrogens with zero attached hydrogens (tertiary/aromatic N) is 6. The molecule has 0 amide bonds. The Morgan fingerprint density at radius 3 is 1.13 bits per heavy atom. The Hall–Kier alpha value is -4.66. The number of benzene rings is 1. The number of rotatable bonds is 17. The Bertz CT molecular complexity index is 1360. The lowest BCUT2D eigenvalue weighted by Crippen LogP contribution is -2.29. The fraction of sp³-hybridized carbons (Fsp3) is 0.297. The summed E-state index contributed by atoms with van der Waals surface area (Å²) in [5, 5.41) is 11.7. The predicted octanol–water partition coefficient (Wildman–Crippen LogP) is 5.56. The molecule has 0 unspecified atom stereocenters. The second kappa shape index (κ2) is 17.0. The largest absolute Gasteiger partial charge is 0.507 e. The van der Waals surface area contributed by atoms with Crippen LogP contribution in [0, 0.1) is 0 Å². The number of pyridine rings is 4. The van der Waals surface area contributed by atoms with E-state index < -0.39 is 0 Å². The third-order valence-corrected chi connectivity index (χ3v) is 7.91. The van der Waals surface area contributed by atoms with E-state index in [0.717, 1.165) is 91.5 Å². The first-order valence-corrected chi connectivity index (χ1v) is 15.6. The quantitative estimate of drug-likeness (QED) is 0.148. The van der Waals surface area contributed by atoms with Crippen LogP contribution >= 0.6 is 0 Å². The van der Waals surface area contributed by atoms with Crippen LogP contribution in [-0.2, 0) is 38.8 Å². The van der Waals surface area contributed by atoms with Crippen molar-refractivity contribution in [2.75, 3.05) is 33.3 Å². The van der Waals surface area contributed by atoms with Gasteiger partial charge in [0, 0.05) is 124 Å². The van der Waals surface area contributed by atoms with E-state index in [-0.39, 0.29) is 0 Å². The van der Waals surface area contributed by atoms with Crippen molar-refractivity contribution >= 4 is 0 Å². The highest BCUT2D eigenvalue weighted by Gasteiger charge is 2.18. The van der Waals surface area contributed by atoms with Crippen LogP contribution < -0.4 is 4.74 Å². The first-order chi connectivity index (χ1) is 22.2. The van der Waals surface area contributed by atoms with Gasteiger partial charge in [-0.05, 0) is 60.7 Å². The van der Waals surface area contributed by atoms with E-state index in [1.807, 2.05) is 85.5 Å². The Morgan fingerprint density at radius 1 is 0.533 bits per heavy atom. The van der Waals surface area contributed by atoms with Gasteiger partial charge in [-0.1, -0.05) is 24.3 Å². The monoisotopic (exact) mass is 602 g/mol. The molecule has 0 aliphatic carbocycles. The standard InChI is InChI=1S/C37H42N6O2/c1-45-36-26-30(28-42(22-14-32-10-2-6-18-38-32)23-15-33-11-3-7-19-39-33)37(44)31(27-36)29-43(24-16-34-12-4-8-20-40-34)25-17-35-13-5-9-21-41-35/h2-13,18-21,26-27,44H,14-17,22-25,28-29H2,1H3. The Kier molecular flexibility index (Phi) is 12.0. The first kappa shape index (κ1) is 31.8. The van der Waals surface area contributed by atoms with Crippen LogP contribution in [0.1, 0.15) is 33.9 Å². The van der Waals surface area contributed by atoms with Gasteiger partial charge in [0.1, 0.15) is 11.5 Å². The Morgan fingerprint density at radius 2 is 0.867 bits per heavy atom. The van der Waals surface area contributed by atoms with Gasteiger partial charge in [0.05, 0.1) is 7.11 Å². The number of hydrogen-bond donors (Lipinski definition) is 1. The first-order valence-electron chi connectivity index (χ1n) is 15.6.